The lowest BCUT2D eigenvalue weighted by Crippen LogP contribution is -2.44. The van der Waals surface area contributed by atoms with Gasteiger partial charge in [-0.15, -0.1) is 0 Å². The maximum atomic E-state index is 13.9. The van der Waals surface area contributed by atoms with E-state index in [0.717, 1.165) is 5.69 Å². The molecule has 2 aliphatic rings. The molecule has 2 bridgehead atoms. The first-order valence-corrected chi connectivity index (χ1v) is 10.4. The minimum absolute atomic E-state index is 0.245. The Balaban J connectivity index is 1.50. The van der Waals surface area contributed by atoms with E-state index in [1.54, 1.807) is 17.9 Å². The lowest BCUT2D eigenvalue weighted by Gasteiger charge is -2.34. The number of benzene rings is 1. The third-order valence-corrected chi connectivity index (χ3v) is 6.27. The van der Waals surface area contributed by atoms with Gasteiger partial charge in [0.2, 0.25) is 5.43 Å². The van der Waals surface area contributed by atoms with Crippen LogP contribution in [0.1, 0.15) is 44.6 Å². The van der Waals surface area contributed by atoms with Crippen molar-refractivity contribution >= 4 is 17.5 Å². The summed E-state index contributed by atoms with van der Waals surface area (Å²) in [6, 6.07) is 0.604. The van der Waals surface area contributed by atoms with Crippen LogP contribution in [0.2, 0.25) is 0 Å². The number of pyridine rings is 1. The number of hydrogen-bond donors (Lipinski definition) is 2. The molecule has 12 heteroatoms. The number of nitrogens with one attached hydrogen (secondary N) is 1. The first kappa shape index (κ1) is 21.7. The molecule has 34 heavy (non-hydrogen) atoms. The van der Waals surface area contributed by atoms with Crippen LogP contribution in [0.25, 0.3) is 0 Å². The molecule has 1 atom stereocenters. The highest BCUT2D eigenvalue weighted by Crippen LogP contribution is 2.37. The Morgan fingerprint density at radius 3 is 2.65 bits per heavy atom. The van der Waals surface area contributed by atoms with Crippen LogP contribution in [0.5, 0.6) is 5.75 Å². The van der Waals surface area contributed by atoms with Crippen LogP contribution in [0, 0.1) is 17.5 Å². The molecular formula is C22H18F3N5O4. The molecule has 0 saturated carbocycles. The van der Waals surface area contributed by atoms with Crippen molar-refractivity contribution in [2.75, 3.05) is 11.4 Å². The molecule has 3 aromatic rings. The molecule has 2 aliphatic heterocycles. The molecule has 0 saturated heterocycles. The maximum absolute atomic E-state index is 13.9. The summed E-state index contributed by atoms with van der Waals surface area (Å²) in [4.78, 5) is 40.1. The van der Waals surface area contributed by atoms with Crippen molar-refractivity contribution in [1.82, 2.24) is 19.7 Å². The molecule has 0 aliphatic carbocycles. The zero-order chi connectivity index (χ0) is 24.3. The van der Waals surface area contributed by atoms with E-state index in [2.05, 4.69) is 10.4 Å². The van der Waals surface area contributed by atoms with E-state index in [1.807, 2.05) is 0 Å². The number of anilines is 1. The molecule has 176 valence electrons. The Labute approximate surface area is 190 Å². The lowest BCUT2D eigenvalue weighted by atomic mass is 10.1. The fraction of sp³-hybridized carbons (Fsp3) is 0.273. The van der Waals surface area contributed by atoms with Crippen molar-refractivity contribution in [3.05, 3.63) is 74.7 Å². The van der Waals surface area contributed by atoms with Gasteiger partial charge in [0.15, 0.2) is 11.4 Å². The minimum Gasteiger partial charge on any atom is -0.503 e. The van der Waals surface area contributed by atoms with E-state index >= 15 is 0 Å². The van der Waals surface area contributed by atoms with Gasteiger partial charge in [-0.25, -0.2) is 13.2 Å². The molecule has 2 amide bonds. The highest BCUT2D eigenvalue weighted by molar-refractivity contribution is 6.08. The van der Waals surface area contributed by atoms with Crippen LogP contribution in [0.15, 0.2) is 29.3 Å². The van der Waals surface area contributed by atoms with E-state index in [-0.39, 0.29) is 18.3 Å². The highest BCUT2D eigenvalue weighted by atomic mass is 19.1. The van der Waals surface area contributed by atoms with Crippen LogP contribution in [-0.4, -0.2) is 37.8 Å². The fourth-order valence-electron chi connectivity index (χ4n) is 4.50. The average molecular weight is 473 g/mol. The molecule has 0 radical (unpaired) electrons. The van der Waals surface area contributed by atoms with E-state index in [9.17, 15) is 32.7 Å². The molecule has 0 unspecified atom stereocenters. The quantitative estimate of drug-likeness (QED) is 0.603. The predicted octanol–water partition coefficient (Wildman–Crippen LogP) is 1.78. The molecule has 0 spiro atoms. The number of carbonyl (C=O) groups excluding carboxylic acids is 2. The van der Waals surface area contributed by atoms with E-state index in [4.69, 9.17) is 0 Å². The van der Waals surface area contributed by atoms with Crippen molar-refractivity contribution in [2.24, 2.45) is 7.05 Å². The zero-order valence-corrected chi connectivity index (χ0v) is 17.8. The number of aromatic nitrogens is 3. The Hall–Kier alpha value is -4.09. The van der Waals surface area contributed by atoms with Crippen LogP contribution in [0.3, 0.4) is 0 Å². The Morgan fingerprint density at radius 1 is 1.24 bits per heavy atom. The van der Waals surface area contributed by atoms with Gasteiger partial charge in [0.1, 0.15) is 23.0 Å². The van der Waals surface area contributed by atoms with Crippen molar-refractivity contribution in [1.29, 1.82) is 0 Å². The first-order valence-electron chi connectivity index (χ1n) is 10.4. The van der Waals surface area contributed by atoms with Gasteiger partial charge >= 0.3 is 0 Å². The normalized spacial score (nSPS) is 16.6. The largest absolute Gasteiger partial charge is 0.503 e. The van der Waals surface area contributed by atoms with Gasteiger partial charge in [0, 0.05) is 44.0 Å². The summed E-state index contributed by atoms with van der Waals surface area (Å²) in [5.41, 5.74) is -0.994. The summed E-state index contributed by atoms with van der Waals surface area (Å²) in [5, 5.41) is 17.0. The van der Waals surface area contributed by atoms with Gasteiger partial charge in [-0.05, 0) is 12.8 Å². The molecule has 0 fully saturated rings. The number of nitrogens with zero attached hydrogens (tertiary/aromatic N) is 4. The van der Waals surface area contributed by atoms with Gasteiger partial charge in [-0.2, -0.15) is 5.10 Å². The Morgan fingerprint density at radius 2 is 1.94 bits per heavy atom. The van der Waals surface area contributed by atoms with Crippen molar-refractivity contribution in [2.45, 2.75) is 25.4 Å². The summed E-state index contributed by atoms with van der Waals surface area (Å²) in [6.07, 6.45) is 3.84. The number of halogens is 3. The lowest BCUT2D eigenvalue weighted by molar-refractivity contribution is 0.0929. The third kappa shape index (κ3) is 3.25. The Bertz CT molecular complexity index is 1410. The van der Waals surface area contributed by atoms with Gasteiger partial charge in [-0.3, -0.25) is 19.1 Å². The average Bonchev–Trinajstić information content (AvgIpc) is 3.04. The van der Waals surface area contributed by atoms with Gasteiger partial charge in [0.05, 0.1) is 23.6 Å². The second-order valence-corrected chi connectivity index (χ2v) is 8.22. The van der Waals surface area contributed by atoms with Gasteiger partial charge in [-0.1, -0.05) is 0 Å². The summed E-state index contributed by atoms with van der Waals surface area (Å²) in [5.74, 6) is -6.00. The third-order valence-electron chi connectivity index (χ3n) is 6.27. The van der Waals surface area contributed by atoms with Crippen LogP contribution in [0.4, 0.5) is 18.9 Å². The number of aryl methyl sites for hydroxylation is 1. The van der Waals surface area contributed by atoms with E-state index < -0.39 is 58.1 Å². The summed E-state index contributed by atoms with van der Waals surface area (Å²) >= 11 is 0. The fourth-order valence-corrected chi connectivity index (χ4v) is 4.50. The van der Waals surface area contributed by atoms with Crippen LogP contribution >= 0.6 is 0 Å². The SMILES string of the molecule is Cn1ncc2c1CC[C@H]1CN2C(=O)c2c(O)c(=O)c(C(=O)NCc3c(F)cc(F)cc3F)cn21. The summed E-state index contributed by atoms with van der Waals surface area (Å²) in [7, 11) is 1.75. The standard InChI is InChI=1S/C22H18F3N5O4/c1-28-16-3-2-11-8-30(17(16)7-27-28)22(34)18-20(32)19(31)13(9-29(11)18)21(33)26-6-12-14(24)4-10(23)5-15(12)25/h4-5,7,9,11,32H,2-3,6,8H2,1H3,(H,26,33)/t11-/m0/s1. The summed E-state index contributed by atoms with van der Waals surface area (Å²) < 4.78 is 43.9. The molecule has 5 rings (SSSR count). The predicted molar refractivity (Wildman–Crippen MR) is 112 cm³/mol. The molecule has 9 nitrogen and oxygen atoms in total. The van der Waals surface area contributed by atoms with Crippen molar-refractivity contribution in [3.8, 4) is 5.75 Å². The van der Waals surface area contributed by atoms with E-state index in [1.165, 1.54) is 15.7 Å². The number of amides is 2. The maximum Gasteiger partial charge on any atom is 0.279 e. The smallest absolute Gasteiger partial charge is 0.279 e. The second-order valence-electron chi connectivity index (χ2n) is 8.22. The highest BCUT2D eigenvalue weighted by Gasteiger charge is 2.39. The van der Waals surface area contributed by atoms with Crippen molar-refractivity contribution in [3.63, 3.8) is 0 Å². The minimum atomic E-state index is -1.19. The number of fused-ring (bicyclic) bond motifs is 6. The van der Waals surface area contributed by atoms with E-state index in [0.29, 0.717) is 30.7 Å². The molecule has 4 heterocycles. The van der Waals surface area contributed by atoms with Crippen LogP contribution < -0.4 is 15.6 Å². The summed E-state index contributed by atoms with van der Waals surface area (Å²) in [6.45, 7) is -0.406. The monoisotopic (exact) mass is 473 g/mol. The number of hydrogen-bond acceptors (Lipinski definition) is 5. The van der Waals surface area contributed by atoms with Gasteiger partial charge < -0.3 is 19.9 Å². The zero-order valence-electron chi connectivity index (χ0n) is 17.8. The second kappa shape index (κ2) is 7.75. The van der Waals surface area contributed by atoms with Gasteiger partial charge in [0.25, 0.3) is 11.8 Å². The molecule has 2 aromatic heterocycles. The van der Waals surface area contributed by atoms with Crippen molar-refractivity contribution < 1.29 is 27.9 Å². The molecular weight excluding hydrogens is 455 g/mol. The molecule has 1 aromatic carbocycles. The number of rotatable bonds is 3. The first-order chi connectivity index (χ1) is 16.2. The van der Waals surface area contributed by atoms with Crippen LogP contribution in [-0.2, 0) is 20.0 Å². The topological polar surface area (TPSA) is 109 Å². The molecule has 2 N–H and O–H groups in total. The Kier molecular flexibility index (Phi) is 4.95. The number of carbonyl (C=O) groups is 2. The number of aromatic hydroxyl groups is 1.